The third kappa shape index (κ3) is 5.91. The Hall–Kier alpha value is -2.66. The lowest BCUT2D eigenvalue weighted by molar-refractivity contribution is -0.133. The molecule has 0 aliphatic carbocycles. The molecule has 5 heteroatoms. The van der Waals surface area contributed by atoms with Crippen LogP contribution in [0.15, 0.2) is 54.6 Å². The zero-order valence-electron chi connectivity index (χ0n) is 17.4. The van der Waals surface area contributed by atoms with E-state index in [-0.39, 0.29) is 17.7 Å². The fourth-order valence-corrected chi connectivity index (χ4v) is 3.79. The Balaban J connectivity index is 1.44. The van der Waals surface area contributed by atoms with Gasteiger partial charge in [-0.15, -0.1) is 0 Å². The topological polar surface area (TPSA) is 52.7 Å². The van der Waals surface area contributed by atoms with Crippen LogP contribution in [0.2, 0.25) is 0 Å². The van der Waals surface area contributed by atoms with E-state index in [0.29, 0.717) is 26.1 Å². The van der Waals surface area contributed by atoms with Gasteiger partial charge < -0.3 is 10.2 Å². The van der Waals surface area contributed by atoms with E-state index in [9.17, 15) is 9.59 Å². The number of benzene rings is 2. The van der Waals surface area contributed by atoms with E-state index in [0.717, 1.165) is 30.8 Å². The summed E-state index contributed by atoms with van der Waals surface area (Å²) in [7, 11) is 0. The number of nitrogens with one attached hydrogen (secondary N) is 1. The van der Waals surface area contributed by atoms with Crippen molar-refractivity contribution in [3.05, 3.63) is 65.7 Å². The summed E-state index contributed by atoms with van der Waals surface area (Å²) in [4.78, 5) is 29.1. The molecule has 1 N–H and O–H groups in total. The van der Waals surface area contributed by atoms with Gasteiger partial charge in [0, 0.05) is 38.3 Å². The van der Waals surface area contributed by atoms with Gasteiger partial charge in [0.1, 0.15) is 0 Å². The highest BCUT2D eigenvalue weighted by molar-refractivity contribution is 5.93. The van der Waals surface area contributed by atoms with E-state index >= 15 is 0 Å². The summed E-state index contributed by atoms with van der Waals surface area (Å²) in [5, 5.41) is 3.03. The van der Waals surface area contributed by atoms with Crippen molar-refractivity contribution in [3.8, 4) is 0 Å². The van der Waals surface area contributed by atoms with Gasteiger partial charge in [0.15, 0.2) is 0 Å². The maximum atomic E-state index is 12.7. The third-order valence-corrected chi connectivity index (χ3v) is 5.61. The van der Waals surface area contributed by atoms with Gasteiger partial charge in [-0.3, -0.25) is 14.5 Å². The Morgan fingerprint density at radius 2 is 1.62 bits per heavy atom. The lowest BCUT2D eigenvalue weighted by Crippen LogP contribution is -2.50. The van der Waals surface area contributed by atoms with Crippen LogP contribution in [0.4, 0.5) is 5.69 Å². The summed E-state index contributed by atoms with van der Waals surface area (Å²) in [5.74, 6) is 0.414. The minimum atomic E-state index is 0.00313. The normalized spacial score (nSPS) is 15.7. The van der Waals surface area contributed by atoms with Gasteiger partial charge in [-0.05, 0) is 29.5 Å². The number of para-hydroxylation sites is 1. The van der Waals surface area contributed by atoms with Gasteiger partial charge in [0.2, 0.25) is 11.8 Å². The molecular formula is C24H31N3O2. The monoisotopic (exact) mass is 393 g/mol. The Labute approximate surface area is 173 Å². The molecule has 0 radical (unpaired) electrons. The van der Waals surface area contributed by atoms with Gasteiger partial charge in [-0.1, -0.05) is 62.4 Å². The highest BCUT2D eigenvalue weighted by Crippen LogP contribution is 2.20. The number of nitrogens with zero attached hydrogens (tertiary/aromatic N) is 2. The van der Waals surface area contributed by atoms with E-state index in [1.165, 1.54) is 5.56 Å². The second-order valence-electron chi connectivity index (χ2n) is 7.73. The summed E-state index contributed by atoms with van der Waals surface area (Å²) < 4.78 is 0. The Morgan fingerprint density at radius 3 is 2.31 bits per heavy atom. The van der Waals surface area contributed by atoms with Crippen LogP contribution in [0.3, 0.4) is 0 Å². The van der Waals surface area contributed by atoms with Gasteiger partial charge in [-0.25, -0.2) is 0 Å². The molecule has 1 aliphatic heterocycles. The minimum Gasteiger partial charge on any atom is -0.340 e. The molecule has 5 nitrogen and oxygen atoms in total. The molecule has 0 bridgehead atoms. The lowest BCUT2D eigenvalue weighted by atomic mass is 9.97. The largest absolute Gasteiger partial charge is 0.340 e. The number of hydrogen-bond acceptors (Lipinski definition) is 3. The summed E-state index contributed by atoms with van der Waals surface area (Å²) in [6, 6.07) is 18.1. The lowest BCUT2D eigenvalue weighted by Gasteiger charge is -2.35. The number of hydrogen-bond donors (Lipinski definition) is 1. The highest BCUT2D eigenvalue weighted by atomic mass is 16.2. The Bertz CT molecular complexity index is 814. The molecule has 0 spiro atoms. The molecule has 2 aromatic rings. The van der Waals surface area contributed by atoms with E-state index in [1.807, 2.05) is 47.4 Å². The van der Waals surface area contributed by atoms with Gasteiger partial charge in [0.05, 0.1) is 6.54 Å². The zero-order valence-corrected chi connectivity index (χ0v) is 17.4. The van der Waals surface area contributed by atoms with Gasteiger partial charge in [0.25, 0.3) is 0 Å². The Kier molecular flexibility index (Phi) is 7.42. The van der Waals surface area contributed by atoms with Crippen molar-refractivity contribution in [1.82, 2.24) is 9.80 Å². The molecule has 1 aliphatic rings. The molecule has 3 rings (SSSR count). The first-order valence-corrected chi connectivity index (χ1v) is 10.5. The van der Waals surface area contributed by atoms with Crippen LogP contribution in [-0.2, 0) is 16.0 Å². The van der Waals surface area contributed by atoms with Crippen molar-refractivity contribution in [2.75, 3.05) is 38.0 Å². The number of anilines is 1. The molecule has 0 aromatic heterocycles. The second kappa shape index (κ2) is 10.2. The zero-order chi connectivity index (χ0) is 20.6. The molecule has 0 unspecified atom stereocenters. The van der Waals surface area contributed by atoms with Crippen molar-refractivity contribution < 1.29 is 9.59 Å². The molecule has 1 saturated heterocycles. The first kappa shape index (κ1) is 21.1. The van der Waals surface area contributed by atoms with Gasteiger partial charge in [-0.2, -0.15) is 0 Å². The van der Waals surface area contributed by atoms with Crippen LogP contribution < -0.4 is 5.32 Å². The molecule has 2 aromatic carbocycles. The van der Waals surface area contributed by atoms with Crippen LogP contribution in [-0.4, -0.2) is 54.3 Å². The average molecular weight is 394 g/mol. The predicted molar refractivity (Wildman–Crippen MR) is 117 cm³/mol. The summed E-state index contributed by atoms with van der Waals surface area (Å²) in [5.41, 5.74) is 3.23. The molecule has 0 saturated carbocycles. The SMILES string of the molecule is CCc1ccccc1NC(=O)CN1CCN(C(=O)C[C@H](C)c2ccccc2)CC1. The summed E-state index contributed by atoms with van der Waals surface area (Å²) in [6.07, 6.45) is 1.41. The van der Waals surface area contributed by atoms with E-state index < -0.39 is 0 Å². The smallest absolute Gasteiger partial charge is 0.238 e. The first-order valence-electron chi connectivity index (χ1n) is 10.5. The van der Waals surface area contributed by atoms with Crippen molar-refractivity contribution in [3.63, 3.8) is 0 Å². The standard InChI is InChI=1S/C24H31N3O2/c1-3-20-9-7-8-12-22(20)25-23(28)18-26-13-15-27(16-14-26)24(29)17-19(2)21-10-5-4-6-11-21/h4-12,19H,3,13-18H2,1-2H3,(H,25,28)/t19-/m0/s1. The average Bonchev–Trinajstić information content (AvgIpc) is 2.75. The number of rotatable bonds is 7. The fourth-order valence-electron chi connectivity index (χ4n) is 3.79. The molecule has 154 valence electrons. The summed E-state index contributed by atoms with van der Waals surface area (Å²) in [6.45, 7) is 7.36. The van der Waals surface area contributed by atoms with E-state index in [1.54, 1.807) is 0 Å². The van der Waals surface area contributed by atoms with Crippen molar-refractivity contribution >= 4 is 17.5 Å². The number of amides is 2. The molecule has 2 amide bonds. The molecule has 1 fully saturated rings. The maximum absolute atomic E-state index is 12.7. The molecular weight excluding hydrogens is 362 g/mol. The minimum absolute atomic E-state index is 0.00313. The number of aryl methyl sites for hydroxylation is 1. The van der Waals surface area contributed by atoms with Crippen LogP contribution in [0, 0.1) is 0 Å². The quantitative estimate of drug-likeness (QED) is 0.783. The molecule has 1 heterocycles. The van der Waals surface area contributed by atoms with Crippen molar-refractivity contribution in [1.29, 1.82) is 0 Å². The Morgan fingerprint density at radius 1 is 0.966 bits per heavy atom. The van der Waals surface area contributed by atoms with Crippen molar-refractivity contribution in [2.24, 2.45) is 0 Å². The van der Waals surface area contributed by atoms with E-state index in [4.69, 9.17) is 0 Å². The summed E-state index contributed by atoms with van der Waals surface area (Å²) >= 11 is 0. The van der Waals surface area contributed by atoms with Crippen LogP contribution in [0.25, 0.3) is 0 Å². The fraction of sp³-hybridized carbons (Fsp3) is 0.417. The highest BCUT2D eigenvalue weighted by Gasteiger charge is 2.24. The van der Waals surface area contributed by atoms with Crippen LogP contribution in [0.1, 0.15) is 37.3 Å². The molecule has 1 atom stereocenters. The molecule has 29 heavy (non-hydrogen) atoms. The van der Waals surface area contributed by atoms with Crippen LogP contribution >= 0.6 is 0 Å². The van der Waals surface area contributed by atoms with Crippen LogP contribution in [0.5, 0.6) is 0 Å². The predicted octanol–water partition coefficient (Wildman–Crippen LogP) is 3.53. The second-order valence-corrected chi connectivity index (χ2v) is 7.73. The number of carbonyl (C=O) groups is 2. The maximum Gasteiger partial charge on any atom is 0.238 e. The van der Waals surface area contributed by atoms with Gasteiger partial charge >= 0.3 is 0 Å². The number of piperazine rings is 1. The van der Waals surface area contributed by atoms with Crippen molar-refractivity contribution in [2.45, 2.75) is 32.6 Å². The van der Waals surface area contributed by atoms with E-state index in [2.05, 4.69) is 36.2 Å². The number of carbonyl (C=O) groups excluding carboxylic acids is 2. The third-order valence-electron chi connectivity index (χ3n) is 5.61. The first-order chi connectivity index (χ1) is 14.1.